The number of aryl methyl sites for hydroxylation is 1. The lowest BCUT2D eigenvalue weighted by Gasteiger charge is -2.22. The summed E-state index contributed by atoms with van der Waals surface area (Å²) in [5.74, 6) is 2.29. The molecule has 0 radical (unpaired) electrons. The number of aromatic nitrogens is 5. The van der Waals surface area contributed by atoms with E-state index in [1.165, 1.54) is 15.6 Å². The second-order valence-corrected chi connectivity index (χ2v) is 7.61. The molecular formula is C21H24N8O. The summed E-state index contributed by atoms with van der Waals surface area (Å²) in [4.78, 5) is 18.2. The number of rotatable bonds is 4. The Bertz CT molecular complexity index is 1150. The molecule has 1 aromatic carbocycles. The lowest BCUT2D eigenvalue weighted by atomic mass is 10.1. The molecule has 4 heterocycles. The number of nitrogen functional groups attached to an aromatic ring is 1. The van der Waals surface area contributed by atoms with Gasteiger partial charge in [-0.15, -0.1) is 5.10 Å². The van der Waals surface area contributed by atoms with Crippen LogP contribution in [0.3, 0.4) is 0 Å². The van der Waals surface area contributed by atoms with Crippen LogP contribution in [0.15, 0.2) is 47.1 Å². The molecule has 1 saturated heterocycles. The highest BCUT2D eigenvalue weighted by atomic mass is 16.3. The minimum Gasteiger partial charge on any atom is -0.461 e. The third kappa shape index (κ3) is 3.71. The van der Waals surface area contributed by atoms with Gasteiger partial charge in [-0.3, -0.25) is 4.90 Å². The van der Waals surface area contributed by atoms with E-state index >= 15 is 0 Å². The minimum absolute atomic E-state index is 0.265. The van der Waals surface area contributed by atoms with Crippen molar-refractivity contribution in [2.45, 2.75) is 19.9 Å². The first-order chi connectivity index (χ1) is 14.7. The lowest BCUT2D eigenvalue weighted by molar-refractivity contribution is 0.285. The van der Waals surface area contributed by atoms with Crippen LogP contribution in [0.2, 0.25) is 0 Å². The maximum absolute atomic E-state index is 6.15. The van der Waals surface area contributed by atoms with Gasteiger partial charge in [-0.05, 0) is 31.0 Å². The molecule has 5 rings (SSSR count). The van der Waals surface area contributed by atoms with Gasteiger partial charge in [0.05, 0.1) is 6.26 Å². The zero-order valence-electron chi connectivity index (χ0n) is 16.9. The van der Waals surface area contributed by atoms with Crippen LogP contribution in [0.4, 0.5) is 11.9 Å². The van der Waals surface area contributed by atoms with E-state index in [0.29, 0.717) is 23.3 Å². The van der Waals surface area contributed by atoms with Crippen molar-refractivity contribution in [1.29, 1.82) is 0 Å². The van der Waals surface area contributed by atoms with Gasteiger partial charge in [-0.1, -0.05) is 29.8 Å². The summed E-state index contributed by atoms with van der Waals surface area (Å²) in [5.41, 5.74) is 8.80. The molecule has 0 amide bonds. The van der Waals surface area contributed by atoms with Crippen molar-refractivity contribution in [2.75, 3.05) is 36.8 Å². The van der Waals surface area contributed by atoms with Crippen molar-refractivity contribution < 1.29 is 4.42 Å². The van der Waals surface area contributed by atoms with E-state index < -0.39 is 0 Å². The van der Waals surface area contributed by atoms with Crippen molar-refractivity contribution in [3.63, 3.8) is 0 Å². The first-order valence-electron chi connectivity index (χ1n) is 10.1. The van der Waals surface area contributed by atoms with Crippen LogP contribution in [0.5, 0.6) is 0 Å². The van der Waals surface area contributed by atoms with Gasteiger partial charge in [0.1, 0.15) is 0 Å². The lowest BCUT2D eigenvalue weighted by Crippen LogP contribution is -2.32. The fourth-order valence-electron chi connectivity index (χ4n) is 3.84. The quantitative estimate of drug-likeness (QED) is 0.553. The fraction of sp³-hybridized carbons (Fsp3) is 0.333. The van der Waals surface area contributed by atoms with Gasteiger partial charge in [0, 0.05) is 32.7 Å². The van der Waals surface area contributed by atoms with Crippen molar-refractivity contribution in [3.05, 3.63) is 53.8 Å². The Labute approximate surface area is 174 Å². The van der Waals surface area contributed by atoms with E-state index in [9.17, 15) is 0 Å². The molecule has 9 nitrogen and oxygen atoms in total. The van der Waals surface area contributed by atoms with Crippen LogP contribution in [0, 0.1) is 6.92 Å². The van der Waals surface area contributed by atoms with Crippen LogP contribution >= 0.6 is 0 Å². The number of hydrogen-bond acceptors (Lipinski definition) is 8. The molecule has 154 valence electrons. The molecule has 30 heavy (non-hydrogen) atoms. The Morgan fingerprint density at radius 3 is 2.80 bits per heavy atom. The second-order valence-electron chi connectivity index (χ2n) is 7.61. The summed E-state index contributed by atoms with van der Waals surface area (Å²) in [5, 5.41) is 4.36. The number of nitrogens with zero attached hydrogens (tertiary/aromatic N) is 7. The summed E-state index contributed by atoms with van der Waals surface area (Å²) in [6.45, 7) is 6.77. The fourth-order valence-corrected chi connectivity index (χ4v) is 3.84. The van der Waals surface area contributed by atoms with Gasteiger partial charge in [0.2, 0.25) is 17.7 Å². The smallest absolute Gasteiger partial charge is 0.259 e. The number of anilines is 2. The van der Waals surface area contributed by atoms with E-state index in [4.69, 9.17) is 10.2 Å². The largest absolute Gasteiger partial charge is 0.461 e. The van der Waals surface area contributed by atoms with E-state index in [1.54, 1.807) is 18.4 Å². The molecule has 1 aliphatic heterocycles. The SMILES string of the molecule is Cc1cccc(CN2CCCN(c3nc(N)n4nc(-c5ccco5)nc4n3)CC2)c1. The second kappa shape index (κ2) is 7.75. The number of benzene rings is 1. The number of furan rings is 1. The van der Waals surface area contributed by atoms with Crippen LogP contribution < -0.4 is 10.6 Å². The monoisotopic (exact) mass is 404 g/mol. The molecule has 4 aromatic rings. The van der Waals surface area contributed by atoms with Gasteiger partial charge in [0.25, 0.3) is 5.78 Å². The molecular weight excluding hydrogens is 380 g/mol. The molecule has 2 N–H and O–H groups in total. The molecule has 0 saturated carbocycles. The Morgan fingerprint density at radius 1 is 1.03 bits per heavy atom. The van der Waals surface area contributed by atoms with E-state index in [0.717, 1.165) is 39.1 Å². The van der Waals surface area contributed by atoms with Crippen LogP contribution in [0.1, 0.15) is 17.5 Å². The highest BCUT2D eigenvalue weighted by Crippen LogP contribution is 2.20. The molecule has 0 unspecified atom stereocenters. The minimum atomic E-state index is 0.265. The predicted octanol–water partition coefficient (Wildman–Crippen LogP) is 2.38. The number of hydrogen-bond donors (Lipinski definition) is 1. The molecule has 1 fully saturated rings. The third-order valence-electron chi connectivity index (χ3n) is 5.32. The van der Waals surface area contributed by atoms with Crippen molar-refractivity contribution >= 4 is 17.7 Å². The van der Waals surface area contributed by atoms with Crippen LogP contribution in [-0.4, -0.2) is 55.6 Å². The zero-order valence-corrected chi connectivity index (χ0v) is 16.9. The van der Waals surface area contributed by atoms with E-state index in [-0.39, 0.29) is 5.95 Å². The number of fused-ring (bicyclic) bond motifs is 1. The molecule has 0 aliphatic carbocycles. The number of nitrogens with two attached hydrogens (primary N) is 1. The Balaban J connectivity index is 1.34. The molecule has 0 atom stereocenters. The topological polar surface area (TPSA) is 102 Å². The highest BCUT2D eigenvalue weighted by molar-refractivity contribution is 5.53. The first kappa shape index (κ1) is 18.6. The van der Waals surface area contributed by atoms with E-state index in [2.05, 4.69) is 61.0 Å². The maximum atomic E-state index is 6.15. The summed E-state index contributed by atoms with van der Waals surface area (Å²) < 4.78 is 6.82. The predicted molar refractivity (Wildman–Crippen MR) is 114 cm³/mol. The van der Waals surface area contributed by atoms with E-state index in [1.807, 2.05) is 0 Å². The van der Waals surface area contributed by atoms with Gasteiger partial charge < -0.3 is 15.1 Å². The maximum Gasteiger partial charge on any atom is 0.259 e. The zero-order chi connectivity index (χ0) is 20.5. The molecule has 0 bridgehead atoms. The average Bonchev–Trinajstić information content (AvgIpc) is 3.35. The molecule has 1 aliphatic rings. The Morgan fingerprint density at radius 2 is 1.97 bits per heavy atom. The normalized spacial score (nSPS) is 15.6. The summed E-state index contributed by atoms with van der Waals surface area (Å²) in [6, 6.07) is 12.3. The van der Waals surface area contributed by atoms with Gasteiger partial charge in [-0.25, -0.2) is 0 Å². The molecule has 0 spiro atoms. The Kier molecular flexibility index (Phi) is 4.80. The third-order valence-corrected chi connectivity index (χ3v) is 5.32. The van der Waals surface area contributed by atoms with Crippen LogP contribution in [-0.2, 0) is 6.54 Å². The van der Waals surface area contributed by atoms with Crippen LogP contribution in [0.25, 0.3) is 17.4 Å². The first-order valence-corrected chi connectivity index (χ1v) is 10.1. The summed E-state index contributed by atoms with van der Waals surface area (Å²) in [7, 11) is 0. The standard InChI is InChI=1S/C21H24N8O/c1-15-5-2-6-16(13-15)14-27-8-4-9-28(11-10-27)20-24-19(22)29-21(25-20)23-18(26-29)17-7-3-12-30-17/h2-3,5-7,12-13H,4,8-11,14H2,1H3,(H2,22,23,24,25,26). The highest BCUT2D eigenvalue weighted by Gasteiger charge is 2.20. The van der Waals surface area contributed by atoms with Gasteiger partial charge in [0.15, 0.2) is 5.76 Å². The van der Waals surface area contributed by atoms with Crippen molar-refractivity contribution in [2.24, 2.45) is 0 Å². The Hall–Kier alpha value is -3.46. The van der Waals surface area contributed by atoms with Gasteiger partial charge >= 0.3 is 0 Å². The average molecular weight is 404 g/mol. The van der Waals surface area contributed by atoms with Crippen molar-refractivity contribution in [1.82, 2.24) is 29.5 Å². The summed E-state index contributed by atoms with van der Waals surface area (Å²) >= 11 is 0. The van der Waals surface area contributed by atoms with Gasteiger partial charge in [-0.2, -0.15) is 19.5 Å². The molecule has 3 aromatic heterocycles. The summed E-state index contributed by atoms with van der Waals surface area (Å²) in [6.07, 6.45) is 2.62. The molecule has 9 heteroatoms. The van der Waals surface area contributed by atoms with Crippen molar-refractivity contribution in [3.8, 4) is 11.6 Å².